The van der Waals surface area contributed by atoms with Gasteiger partial charge in [0.05, 0.1) is 11.6 Å². The molecule has 2 rings (SSSR count). The van der Waals surface area contributed by atoms with Crippen molar-refractivity contribution < 1.29 is 9.53 Å². The molecule has 2 heterocycles. The smallest absolute Gasteiger partial charge is 0.357 e. The number of esters is 1. The normalized spacial score (nSPS) is 10.2. The van der Waals surface area contributed by atoms with E-state index in [0.717, 1.165) is 10.7 Å². The summed E-state index contributed by atoms with van der Waals surface area (Å²) in [5.41, 5.74) is 1.32. The molecule has 2 aromatic rings. The number of carbonyl (C=O) groups is 1. The maximum Gasteiger partial charge on any atom is 0.357 e. The zero-order chi connectivity index (χ0) is 12.1. The van der Waals surface area contributed by atoms with Crippen LogP contribution < -0.4 is 0 Å². The number of ether oxygens (including phenoxy) is 1. The summed E-state index contributed by atoms with van der Waals surface area (Å²) in [5, 5.41) is 2.59. The monoisotopic (exact) mass is 248 g/mol. The Hall–Kier alpha value is -1.75. The average Bonchev–Trinajstić information content (AvgIpc) is 2.79. The molecule has 0 saturated carbocycles. The zero-order valence-electron chi connectivity index (χ0n) is 9.42. The number of rotatable bonds is 4. The third-order valence-corrected chi connectivity index (χ3v) is 2.94. The van der Waals surface area contributed by atoms with Crippen LogP contribution in [0.3, 0.4) is 0 Å². The van der Waals surface area contributed by atoms with Crippen LogP contribution in [-0.2, 0) is 11.2 Å². The molecule has 0 aliphatic carbocycles. The number of aromatic nitrogens is 2. The number of carbonyl (C=O) groups excluding carboxylic acids is 1. The molecule has 0 fully saturated rings. The van der Waals surface area contributed by atoms with E-state index in [-0.39, 0.29) is 5.97 Å². The summed E-state index contributed by atoms with van der Waals surface area (Å²) >= 11 is 1.45. The predicted molar refractivity (Wildman–Crippen MR) is 65.1 cm³/mol. The lowest BCUT2D eigenvalue weighted by Gasteiger charge is -1.97. The van der Waals surface area contributed by atoms with Crippen LogP contribution >= 0.6 is 11.3 Å². The fourth-order valence-electron chi connectivity index (χ4n) is 1.35. The van der Waals surface area contributed by atoms with Crippen LogP contribution in [0.2, 0.25) is 0 Å². The number of thiazole rings is 1. The SMILES string of the molecule is CCOC(=O)c1csc(Cc2ccccn2)n1. The van der Waals surface area contributed by atoms with Crippen LogP contribution in [0.1, 0.15) is 28.1 Å². The van der Waals surface area contributed by atoms with Gasteiger partial charge in [0.25, 0.3) is 0 Å². The van der Waals surface area contributed by atoms with Gasteiger partial charge in [0.1, 0.15) is 0 Å². The van der Waals surface area contributed by atoms with Crippen molar-refractivity contribution in [3.05, 3.63) is 46.2 Å². The molecule has 2 aromatic heterocycles. The van der Waals surface area contributed by atoms with Gasteiger partial charge in [0.15, 0.2) is 5.69 Å². The first-order valence-electron chi connectivity index (χ1n) is 5.31. The van der Waals surface area contributed by atoms with Gasteiger partial charge in [-0.1, -0.05) is 6.07 Å². The highest BCUT2D eigenvalue weighted by Gasteiger charge is 2.11. The first kappa shape index (κ1) is 11.7. The Kier molecular flexibility index (Phi) is 3.82. The second kappa shape index (κ2) is 5.54. The molecule has 0 amide bonds. The van der Waals surface area contributed by atoms with Crippen LogP contribution in [0.4, 0.5) is 0 Å². The van der Waals surface area contributed by atoms with Crippen LogP contribution in [-0.4, -0.2) is 22.5 Å². The highest BCUT2D eigenvalue weighted by molar-refractivity contribution is 7.09. The van der Waals surface area contributed by atoms with E-state index >= 15 is 0 Å². The maximum atomic E-state index is 11.4. The van der Waals surface area contributed by atoms with Crippen LogP contribution in [0, 0.1) is 0 Å². The van der Waals surface area contributed by atoms with Gasteiger partial charge in [0, 0.05) is 23.7 Å². The lowest BCUT2D eigenvalue weighted by atomic mass is 10.3. The van der Waals surface area contributed by atoms with E-state index in [9.17, 15) is 4.79 Å². The van der Waals surface area contributed by atoms with Gasteiger partial charge in [-0.25, -0.2) is 9.78 Å². The Morgan fingerprint density at radius 2 is 2.35 bits per heavy atom. The topological polar surface area (TPSA) is 52.1 Å². The fraction of sp³-hybridized carbons (Fsp3) is 0.250. The summed E-state index contributed by atoms with van der Waals surface area (Å²) in [5.74, 6) is -0.365. The lowest BCUT2D eigenvalue weighted by Crippen LogP contribution is -2.05. The van der Waals surface area contributed by atoms with Crippen molar-refractivity contribution in [1.29, 1.82) is 0 Å². The highest BCUT2D eigenvalue weighted by atomic mass is 32.1. The van der Waals surface area contributed by atoms with E-state index in [1.807, 2.05) is 18.2 Å². The van der Waals surface area contributed by atoms with Gasteiger partial charge < -0.3 is 4.74 Å². The predicted octanol–water partition coefficient (Wildman–Crippen LogP) is 2.31. The summed E-state index contributed by atoms with van der Waals surface area (Å²) in [6, 6.07) is 5.74. The van der Waals surface area contributed by atoms with Gasteiger partial charge in [0.2, 0.25) is 0 Å². The summed E-state index contributed by atoms with van der Waals surface area (Å²) in [6.07, 6.45) is 2.39. The molecule has 0 atom stereocenters. The molecule has 4 nitrogen and oxygen atoms in total. The number of hydrogen-bond donors (Lipinski definition) is 0. The number of pyridine rings is 1. The third kappa shape index (κ3) is 3.10. The van der Waals surface area contributed by atoms with Crippen LogP contribution in [0.25, 0.3) is 0 Å². The Labute approximate surface area is 103 Å². The van der Waals surface area contributed by atoms with E-state index in [2.05, 4.69) is 9.97 Å². The second-order valence-electron chi connectivity index (χ2n) is 3.34. The van der Waals surface area contributed by atoms with E-state index in [1.165, 1.54) is 11.3 Å². The van der Waals surface area contributed by atoms with Crippen molar-refractivity contribution in [3.8, 4) is 0 Å². The van der Waals surface area contributed by atoms with Gasteiger partial charge in [-0.2, -0.15) is 0 Å². The minimum absolute atomic E-state index is 0.365. The summed E-state index contributed by atoms with van der Waals surface area (Å²) in [7, 11) is 0. The minimum atomic E-state index is -0.365. The molecule has 0 aromatic carbocycles. The standard InChI is InChI=1S/C12H12N2O2S/c1-2-16-12(15)10-8-17-11(14-10)7-9-5-3-4-6-13-9/h3-6,8H,2,7H2,1H3. The summed E-state index contributed by atoms with van der Waals surface area (Å²) in [6.45, 7) is 2.14. The molecular weight excluding hydrogens is 236 g/mol. The minimum Gasteiger partial charge on any atom is -0.461 e. The van der Waals surface area contributed by atoms with E-state index < -0.39 is 0 Å². The zero-order valence-corrected chi connectivity index (χ0v) is 10.2. The quantitative estimate of drug-likeness (QED) is 0.779. The molecule has 0 saturated heterocycles. The van der Waals surface area contributed by atoms with Crippen LogP contribution in [0.5, 0.6) is 0 Å². The van der Waals surface area contributed by atoms with Gasteiger partial charge in [-0.3, -0.25) is 4.98 Å². The fourth-order valence-corrected chi connectivity index (χ4v) is 2.13. The van der Waals surface area contributed by atoms with Gasteiger partial charge in [-0.05, 0) is 19.1 Å². The Bertz CT molecular complexity index is 496. The van der Waals surface area contributed by atoms with Crippen molar-refractivity contribution >= 4 is 17.3 Å². The van der Waals surface area contributed by atoms with Crippen molar-refractivity contribution in [2.45, 2.75) is 13.3 Å². The number of nitrogens with zero attached hydrogens (tertiary/aromatic N) is 2. The van der Waals surface area contributed by atoms with Crippen LogP contribution in [0.15, 0.2) is 29.8 Å². The molecule has 88 valence electrons. The maximum absolute atomic E-state index is 11.4. The third-order valence-electron chi connectivity index (χ3n) is 2.09. The molecule has 0 aliphatic rings. The molecule has 0 aliphatic heterocycles. The van der Waals surface area contributed by atoms with Crippen molar-refractivity contribution in [2.24, 2.45) is 0 Å². The molecule has 0 radical (unpaired) electrons. The van der Waals surface area contributed by atoms with Crippen molar-refractivity contribution in [1.82, 2.24) is 9.97 Å². The largest absolute Gasteiger partial charge is 0.461 e. The second-order valence-corrected chi connectivity index (χ2v) is 4.29. The van der Waals surface area contributed by atoms with E-state index in [1.54, 1.807) is 18.5 Å². The van der Waals surface area contributed by atoms with Gasteiger partial charge in [-0.15, -0.1) is 11.3 Å². The summed E-state index contributed by atoms with van der Waals surface area (Å²) < 4.78 is 4.88. The first-order valence-corrected chi connectivity index (χ1v) is 6.19. The van der Waals surface area contributed by atoms with E-state index in [0.29, 0.717) is 18.7 Å². The highest BCUT2D eigenvalue weighted by Crippen LogP contribution is 2.14. The summed E-state index contributed by atoms with van der Waals surface area (Å²) in [4.78, 5) is 19.9. The molecular formula is C12H12N2O2S. The molecule has 0 spiro atoms. The van der Waals surface area contributed by atoms with Crippen molar-refractivity contribution in [3.63, 3.8) is 0 Å². The molecule has 0 N–H and O–H groups in total. The van der Waals surface area contributed by atoms with Gasteiger partial charge >= 0.3 is 5.97 Å². The Balaban J connectivity index is 2.06. The Morgan fingerprint density at radius 3 is 3.06 bits per heavy atom. The molecule has 17 heavy (non-hydrogen) atoms. The first-order chi connectivity index (χ1) is 8.29. The molecule has 5 heteroatoms. The average molecular weight is 248 g/mol. The number of hydrogen-bond acceptors (Lipinski definition) is 5. The molecule has 0 bridgehead atoms. The van der Waals surface area contributed by atoms with E-state index in [4.69, 9.17) is 4.74 Å². The Morgan fingerprint density at radius 1 is 1.47 bits per heavy atom. The van der Waals surface area contributed by atoms with Crippen molar-refractivity contribution in [2.75, 3.05) is 6.61 Å². The lowest BCUT2D eigenvalue weighted by molar-refractivity contribution is 0.0520. The molecule has 0 unspecified atom stereocenters.